The zero-order valence-corrected chi connectivity index (χ0v) is 28.4. The van der Waals surface area contributed by atoms with E-state index in [1.807, 2.05) is 4.90 Å². The van der Waals surface area contributed by atoms with Crippen LogP contribution in [0, 0.1) is 0 Å². The third-order valence-electron chi connectivity index (χ3n) is 8.53. The highest BCUT2D eigenvalue weighted by Gasteiger charge is 2.54. The summed E-state index contributed by atoms with van der Waals surface area (Å²) in [6.07, 6.45) is 2.56. The number of carboxylic acid groups (broad SMARTS) is 1. The molecule has 51 heavy (non-hydrogen) atoms. The molecule has 0 saturated carbocycles. The van der Waals surface area contributed by atoms with Gasteiger partial charge in [-0.05, 0) is 33.7 Å². The number of aryl methyl sites for hydroxylation is 1. The lowest BCUT2D eigenvalue weighted by Crippen LogP contribution is -2.71. The van der Waals surface area contributed by atoms with Crippen LogP contribution in [0.25, 0.3) is 11.0 Å². The summed E-state index contributed by atoms with van der Waals surface area (Å²) in [6, 6.07) is 2.98. The first-order valence-electron chi connectivity index (χ1n) is 15.6. The van der Waals surface area contributed by atoms with E-state index in [1.54, 1.807) is 7.05 Å². The van der Waals surface area contributed by atoms with Gasteiger partial charge in [-0.1, -0.05) is 23.9 Å². The number of anilines is 1. The lowest BCUT2D eigenvalue weighted by Gasteiger charge is -2.49. The number of carbonyl (C=O) groups excluding carboxylic acids is 3. The third kappa shape index (κ3) is 6.57. The Labute approximate surface area is 296 Å². The molecular formula is C30H30N12O7S2. The van der Waals surface area contributed by atoms with Crippen LogP contribution >= 0.6 is 23.5 Å². The zero-order chi connectivity index (χ0) is 35.8. The van der Waals surface area contributed by atoms with Crippen molar-refractivity contribution in [3.8, 4) is 5.75 Å². The Bertz CT molecular complexity index is 2130. The van der Waals surface area contributed by atoms with Gasteiger partial charge in [-0.2, -0.15) is 4.98 Å². The van der Waals surface area contributed by atoms with Gasteiger partial charge in [0.25, 0.3) is 11.8 Å². The molecule has 3 aromatic heterocycles. The van der Waals surface area contributed by atoms with Crippen LogP contribution in [0.2, 0.25) is 0 Å². The highest BCUT2D eigenvalue weighted by molar-refractivity contribution is 8.01. The molecule has 3 atom stereocenters. The monoisotopic (exact) mass is 734 g/mol. The maximum atomic E-state index is 13.8. The predicted molar refractivity (Wildman–Crippen MR) is 183 cm³/mol. The minimum atomic E-state index is -1.41. The quantitative estimate of drug-likeness (QED) is 0.0840. The number of aromatic amines is 1. The number of amides is 3. The molecule has 2 unspecified atom stereocenters. The molecule has 2 saturated heterocycles. The molecule has 264 valence electrons. The van der Waals surface area contributed by atoms with Crippen molar-refractivity contribution in [3.63, 3.8) is 0 Å². The molecule has 3 amide bonds. The number of thioether (sulfide) groups is 2. The summed E-state index contributed by atoms with van der Waals surface area (Å²) in [5.41, 5.74) is -0.129. The van der Waals surface area contributed by atoms with Gasteiger partial charge < -0.3 is 36.0 Å². The smallest absolute Gasteiger partial charge is 0.352 e. The number of fused-ring (bicyclic) bond motifs is 2. The van der Waals surface area contributed by atoms with E-state index in [-0.39, 0.29) is 45.1 Å². The molecule has 0 aliphatic carbocycles. The lowest BCUT2D eigenvalue weighted by atomic mass is 10.0. The van der Waals surface area contributed by atoms with E-state index >= 15 is 0 Å². The maximum Gasteiger partial charge on any atom is 0.352 e. The lowest BCUT2D eigenvalue weighted by molar-refractivity contribution is -0.151. The first kappa shape index (κ1) is 33.9. The van der Waals surface area contributed by atoms with Crippen LogP contribution in [-0.2, 0) is 21.4 Å². The van der Waals surface area contributed by atoms with Crippen molar-refractivity contribution in [1.29, 1.82) is 0 Å². The molecule has 1 aromatic carbocycles. The van der Waals surface area contributed by atoms with Crippen LogP contribution in [-0.4, -0.2) is 123 Å². The van der Waals surface area contributed by atoms with Crippen molar-refractivity contribution >= 4 is 64.2 Å². The second kappa shape index (κ2) is 14.0. The van der Waals surface area contributed by atoms with Crippen LogP contribution in [0.5, 0.6) is 5.75 Å². The molecule has 0 bridgehead atoms. The molecule has 0 radical (unpaired) electrons. The van der Waals surface area contributed by atoms with Gasteiger partial charge in [0, 0.05) is 57.1 Å². The minimum Gasteiger partial charge on any atom is -0.508 e. The average molecular weight is 735 g/mol. The fourth-order valence-electron chi connectivity index (χ4n) is 5.89. The number of phenols is 1. The third-order valence-corrected chi connectivity index (χ3v) is 11.0. The first-order chi connectivity index (χ1) is 24.6. The second-order valence-electron chi connectivity index (χ2n) is 11.7. The topological polar surface area (TPSA) is 254 Å². The fraction of sp³-hybridized carbons (Fsp3) is 0.333. The van der Waals surface area contributed by atoms with Crippen LogP contribution in [0.15, 0.2) is 57.9 Å². The Hall–Kier alpha value is -5.54. The van der Waals surface area contributed by atoms with Gasteiger partial charge in [-0.25, -0.2) is 14.5 Å². The molecule has 4 aromatic rings. The number of carboxylic acids is 1. The number of aromatic nitrogens is 7. The number of pyridine rings is 1. The number of carbonyl (C=O) groups is 4. The average Bonchev–Trinajstić information content (AvgIpc) is 3.56. The van der Waals surface area contributed by atoms with Gasteiger partial charge in [-0.15, -0.1) is 16.9 Å². The number of phenolic OH excluding ortho intramolecular Hbond substituents is 1. The van der Waals surface area contributed by atoms with Crippen molar-refractivity contribution < 1.29 is 29.4 Å². The van der Waals surface area contributed by atoms with E-state index in [4.69, 9.17) is 0 Å². The minimum absolute atomic E-state index is 0.0787. The van der Waals surface area contributed by atoms with E-state index in [0.717, 1.165) is 18.0 Å². The number of aliphatic carboxylic acids is 1. The van der Waals surface area contributed by atoms with Gasteiger partial charge >= 0.3 is 5.97 Å². The number of aromatic hydroxyl groups is 1. The molecule has 19 nitrogen and oxygen atoms in total. The Kier molecular flexibility index (Phi) is 9.31. The molecule has 6 heterocycles. The maximum absolute atomic E-state index is 13.8. The molecule has 6 N–H and O–H groups in total. The van der Waals surface area contributed by atoms with Crippen molar-refractivity contribution in [2.24, 2.45) is 7.05 Å². The number of hydrogen-bond donors (Lipinski definition) is 6. The molecule has 7 rings (SSSR count). The fourth-order valence-corrected chi connectivity index (χ4v) is 8.22. The summed E-state index contributed by atoms with van der Waals surface area (Å²) >= 11 is 2.51. The first-order valence-corrected chi connectivity index (χ1v) is 17.6. The van der Waals surface area contributed by atoms with Gasteiger partial charge in [0.1, 0.15) is 40.1 Å². The number of nitrogens with one attached hydrogen (secondary N) is 4. The number of benzene rings is 1. The number of tetrazole rings is 1. The number of β-lactam (4-membered cyclic amide) rings is 1. The zero-order valence-electron chi connectivity index (χ0n) is 26.8. The Balaban J connectivity index is 1.09. The number of hydrogen-bond acceptors (Lipinski definition) is 15. The van der Waals surface area contributed by atoms with Crippen molar-refractivity contribution in [2.75, 3.05) is 42.6 Å². The van der Waals surface area contributed by atoms with Gasteiger partial charge in [0.15, 0.2) is 0 Å². The normalized spacial score (nSPS) is 19.4. The van der Waals surface area contributed by atoms with E-state index < -0.39 is 46.6 Å². The van der Waals surface area contributed by atoms with Gasteiger partial charge in [-0.3, -0.25) is 24.1 Å². The number of nitrogens with zero attached hydrogens (tertiary/aromatic N) is 8. The van der Waals surface area contributed by atoms with Crippen LogP contribution in [0.3, 0.4) is 0 Å². The van der Waals surface area contributed by atoms with Gasteiger partial charge in [0.2, 0.25) is 22.4 Å². The standard InChI is InChI=1S/C30H30N12O7S2/c1-40-30(37-38-39-40)51-13-15-12-50-27-20(26(47)42(27)21(15)28(48)49)35-25(46)19(14-2-4-16(43)5-3-14)34-24(45)18-11-32-23-17(22(18)44)10-33-29(36-23)41-8-6-31-7-9-41/h2-5,10-11,19-20,27,31,43H,6-9,12-13H2,1H3,(H,34,45)(H,35,46)(H,48,49)(H,32,33,36,44)/t19?,20?,27-/m0/s1. The van der Waals surface area contributed by atoms with Crippen LogP contribution < -0.4 is 26.3 Å². The van der Waals surface area contributed by atoms with Crippen molar-refractivity contribution in [1.82, 2.24) is 56.0 Å². The van der Waals surface area contributed by atoms with E-state index in [2.05, 4.69) is 46.4 Å². The largest absolute Gasteiger partial charge is 0.508 e. The van der Waals surface area contributed by atoms with Crippen molar-refractivity contribution in [3.05, 3.63) is 69.3 Å². The van der Waals surface area contributed by atoms with E-state index in [9.17, 15) is 34.2 Å². The molecule has 21 heteroatoms. The molecule has 3 aliphatic heterocycles. The SMILES string of the molecule is Cn1nnnc1SCC1=C(C(=O)O)N2C(=O)C(NC(=O)C(NC(=O)c3c[nH]c4nc(N5CCNCC5)ncc4c3=O)c3ccc(O)cc3)[C@@H]2SC1. The summed E-state index contributed by atoms with van der Waals surface area (Å²) in [4.78, 5) is 81.3. The predicted octanol–water partition coefficient (Wildman–Crippen LogP) is -1.04. The van der Waals surface area contributed by atoms with Crippen LogP contribution in [0.1, 0.15) is 22.0 Å². The number of H-pyrrole nitrogens is 1. The summed E-state index contributed by atoms with van der Waals surface area (Å²) in [6.45, 7) is 2.93. The number of piperazine rings is 1. The van der Waals surface area contributed by atoms with E-state index in [0.29, 0.717) is 29.8 Å². The van der Waals surface area contributed by atoms with Crippen molar-refractivity contribution in [2.45, 2.75) is 22.6 Å². The second-order valence-corrected chi connectivity index (χ2v) is 13.8. The van der Waals surface area contributed by atoms with Gasteiger partial charge in [0.05, 0.1) is 5.39 Å². The summed E-state index contributed by atoms with van der Waals surface area (Å²) in [5, 5.41) is 39.4. The highest BCUT2D eigenvalue weighted by atomic mass is 32.2. The summed E-state index contributed by atoms with van der Waals surface area (Å²) in [7, 11) is 1.65. The molecule has 2 fully saturated rings. The van der Waals surface area contributed by atoms with Crippen LogP contribution in [0.4, 0.5) is 5.95 Å². The highest BCUT2D eigenvalue weighted by Crippen LogP contribution is 2.41. The Morgan fingerprint density at radius 3 is 2.63 bits per heavy atom. The molecular weight excluding hydrogens is 705 g/mol. The van der Waals surface area contributed by atoms with E-state index in [1.165, 1.54) is 64.9 Å². The summed E-state index contributed by atoms with van der Waals surface area (Å²) < 4.78 is 1.45. The molecule has 3 aliphatic rings. The summed E-state index contributed by atoms with van der Waals surface area (Å²) in [5.74, 6) is -2.74. The Morgan fingerprint density at radius 1 is 1.16 bits per heavy atom. The number of rotatable bonds is 10. The Morgan fingerprint density at radius 2 is 1.92 bits per heavy atom. The molecule has 0 spiro atoms.